The summed E-state index contributed by atoms with van der Waals surface area (Å²) in [6.45, 7) is 4.07. The second-order valence-corrected chi connectivity index (χ2v) is 6.50. The summed E-state index contributed by atoms with van der Waals surface area (Å²) in [5, 5.41) is 1.49. The quantitative estimate of drug-likeness (QED) is 0.694. The predicted octanol–water partition coefficient (Wildman–Crippen LogP) is 5.30. The molecule has 2 nitrogen and oxygen atoms in total. The monoisotopic (exact) mass is 356 g/mol. The van der Waals surface area contributed by atoms with Crippen molar-refractivity contribution in [2.75, 3.05) is 0 Å². The molecule has 2 rings (SSSR count). The zero-order chi connectivity index (χ0) is 13.8. The van der Waals surface area contributed by atoms with Crippen LogP contribution < -0.4 is 0 Å². The maximum atomic E-state index is 6.17. The molecule has 1 aromatic carbocycles. The van der Waals surface area contributed by atoms with Gasteiger partial charge in [0.1, 0.15) is 16.0 Å². The molecule has 0 aliphatic rings. The van der Waals surface area contributed by atoms with E-state index in [-0.39, 0.29) is 0 Å². The van der Waals surface area contributed by atoms with E-state index in [0.717, 1.165) is 38.6 Å². The number of nitrogens with zero attached hydrogens (tertiary/aromatic N) is 2. The van der Waals surface area contributed by atoms with Crippen LogP contribution in [0.1, 0.15) is 24.7 Å². The minimum atomic E-state index is 0.554. The molecule has 0 saturated heterocycles. The van der Waals surface area contributed by atoms with Gasteiger partial charge in [-0.1, -0.05) is 46.2 Å². The molecule has 2 aromatic rings. The van der Waals surface area contributed by atoms with E-state index in [0.29, 0.717) is 5.15 Å². The summed E-state index contributed by atoms with van der Waals surface area (Å²) in [4.78, 5) is 10.1. The second-order valence-electron chi connectivity index (χ2n) is 4.17. The Kier molecular flexibility index (Phi) is 5.25. The van der Waals surface area contributed by atoms with Crippen LogP contribution in [-0.4, -0.2) is 9.97 Å². The predicted molar refractivity (Wildman–Crippen MR) is 84.0 cm³/mol. The molecular weight excluding hydrogens is 344 g/mol. The summed E-state index contributed by atoms with van der Waals surface area (Å²) >= 11 is 11.2. The molecule has 100 valence electrons. The average Bonchev–Trinajstić information content (AvgIpc) is 2.38. The Labute approximate surface area is 131 Å². The van der Waals surface area contributed by atoms with Gasteiger partial charge >= 0.3 is 0 Å². The molecule has 0 unspecified atom stereocenters. The molecule has 0 N–H and O–H groups in total. The molecule has 5 heteroatoms. The van der Waals surface area contributed by atoms with Gasteiger partial charge in [0.05, 0.1) is 0 Å². The van der Waals surface area contributed by atoms with E-state index >= 15 is 0 Å². The third kappa shape index (κ3) is 3.94. The molecule has 0 spiro atoms. The van der Waals surface area contributed by atoms with Crippen molar-refractivity contribution in [2.45, 2.75) is 36.6 Å². The molecule has 0 amide bonds. The normalized spacial score (nSPS) is 10.7. The van der Waals surface area contributed by atoms with Crippen LogP contribution in [0.15, 0.2) is 38.7 Å². The lowest BCUT2D eigenvalue weighted by Gasteiger charge is -2.08. The van der Waals surface area contributed by atoms with Gasteiger partial charge < -0.3 is 0 Å². The third-order valence-corrected chi connectivity index (χ3v) is 4.59. The second kappa shape index (κ2) is 6.73. The lowest BCUT2D eigenvalue weighted by molar-refractivity contribution is 0.801. The summed E-state index contributed by atoms with van der Waals surface area (Å²) in [6.07, 6.45) is 1.87. The molecule has 0 aliphatic heterocycles. The smallest absolute Gasteiger partial charge is 0.136 e. The first-order valence-electron chi connectivity index (χ1n) is 6.06. The van der Waals surface area contributed by atoms with Crippen molar-refractivity contribution in [3.63, 3.8) is 0 Å². The fraction of sp³-hybridized carbons (Fsp3) is 0.286. The number of rotatable bonds is 4. The molecule has 0 atom stereocenters. The van der Waals surface area contributed by atoms with Gasteiger partial charge in [-0.05, 0) is 37.6 Å². The minimum Gasteiger partial charge on any atom is -0.226 e. The van der Waals surface area contributed by atoms with Crippen molar-refractivity contribution in [3.8, 4) is 0 Å². The van der Waals surface area contributed by atoms with Crippen molar-refractivity contribution in [3.05, 3.63) is 45.3 Å². The van der Waals surface area contributed by atoms with E-state index < -0.39 is 0 Å². The zero-order valence-electron chi connectivity index (χ0n) is 10.8. The first-order chi connectivity index (χ1) is 9.10. The molecular formula is C14H14BrClN2S. The molecule has 0 saturated carbocycles. The summed E-state index contributed by atoms with van der Waals surface area (Å²) in [5.74, 6) is 0.817. The Hall–Kier alpha value is -0.580. The van der Waals surface area contributed by atoms with Crippen LogP contribution in [0.25, 0.3) is 0 Å². The number of halogens is 2. The van der Waals surface area contributed by atoms with Gasteiger partial charge in [-0.25, -0.2) is 9.97 Å². The highest BCUT2D eigenvalue weighted by molar-refractivity contribution is 9.10. The maximum Gasteiger partial charge on any atom is 0.136 e. The van der Waals surface area contributed by atoms with Crippen LogP contribution in [0, 0.1) is 6.92 Å². The molecule has 0 aliphatic carbocycles. The number of hydrogen-bond acceptors (Lipinski definition) is 3. The van der Waals surface area contributed by atoms with Crippen molar-refractivity contribution < 1.29 is 0 Å². The molecule has 0 bridgehead atoms. The zero-order valence-corrected chi connectivity index (χ0v) is 13.9. The van der Waals surface area contributed by atoms with Crippen LogP contribution in [0.5, 0.6) is 0 Å². The molecule has 1 aromatic heterocycles. The minimum absolute atomic E-state index is 0.554. The molecule has 1 heterocycles. The number of benzene rings is 1. The van der Waals surface area contributed by atoms with E-state index in [1.807, 2.05) is 19.1 Å². The number of hydrogen-bond donors (Lipinski definition) is 0. The van der Waals surface area contributed by atoms with E-state index in [1.165, 1.54) is 0 Å². The Bertz CT molecular complexity index is 572. The maximum absolute atomic E-state index is 6.17. The van der Waals surface area contributed by atoms with E-state index in [1.54, 1.807) is 11.8 Å². The van der Waals surface area contributed by atoms with Gasteiger partial charge in [-0.2, -0.15) is 0 Å². The van der Waals surface area contributed by atoms with Crippen LogP contribution >= 0.6 is 39.3 Å². The van der Waals surface area contributed by atoms with E-state index in [2.05, 4.69) is 45.0 Å². The van der Waals surface area contributed by atoms with E-state index in [9.17, 15) is 0 Å². The summed E-state index contributed by atoms with van der Waals surface area (Å²) < 4.78 is 1.07. The Morgan fingerprint density at radius 1 is 1.21 bits per heavy atom. The fourth-order valence-corrected chi connectivity index (χ4v) is 2.96. The van der Waals surface area contributed by atoms with Crippen molar-refractivity contribution >= 4 is 39.3 Å². The topological polar surface area (TPSA) is 25.8 Å². The van der Waals surface area contributed by atoms with Gasteiger partial charge in [0.15, 0.2) is 0 Å². The van der Waals surface area contributed by atoms with Crippen LogP contribution in [-0.2, 0) is 6.42 Å². The van der Waals surface area contributed by atoms with Gasteiger partial charge in [-0.3, -0.25) is 0 Å². The van der Waals surface area contributed by atoms with Crippen molar-refractivity contribution in [1.29, 1.82) is 0 Å². The first kappa shape index (κ1) is 14.8. The Morgan fingerprint density at radius 2 is 1.89 bits per heavy atom. The number of aromatic nitrogens is 2. The van der Waals surface area contributed by atoms with Crippen LogP contribution in [0.4, 0.5) is 0 Å². The molecule has 0 fully saturated rings. The first-order valence-corrected chi connectivity index (χ1v) is 8.05. The Morgan fingerprint density at radius 3 is 2.53 bits per heavy atom. The Balaban J connectivity index is 2.30. The summed E-state index contributed by atoms with van der Waals surface area (Å²) in [6, 6.07) is 8.16. The highest BCUT2D eigenvalue weighted by Crippen LogP contribution is 2.31. The molecule has 19 heavy (non-hydrogen) atoms. The van der Waals surface area contributed by atoms with Crippen LogP contribution in [0.3, 0.4) is 0 Å². The van der Waals surface area contributed by atoms with Crippen molar-refractivity contribution in [1.82, 2.24) is 9.97 Å². The van der Waals surface area contributed by atoms with E-state index in [4.69, 9.17) is 11.6 Å². The SMILES string of the molecule is CCCc1nc(Cl)c(C)c(Sc2ccc(Br)cc2)n1. The largest absolute Gasteiger partial charge is 0.226 e. The van der Waals surface area contributed by atoms with Crippen LogP contribution in [0.2, 0.25) is 5.15 Å². The third-order valence-electron chi connectivity index (χ3n) is 2.59. The fourth-order valence-electron chi connectivity index (χ4n) is 1.56. The highest BCUT2D eigenvalue weighted by Gasteiger charge is 2.10. The average molecular weight is 358 g/mol. The van der Waals surface area contributed by atoms with Gasteiger partial charge in [0.2, 0.25) is 0 Å². The van der Waals surface area contributed by atoms with Gasteiger partial charge in [0, 0.05) is 21.4 Å². The summed E-state index contributed by atoms with van der Waals surface area (Å²) in [7, 11) is 0. The highest BCUT2D eigenvalue weighted by atomic mass is 79.9. The number of aryl methyl sites for hydroxylation is 1. The molecule has 0 radical (unpaired) electrons. The van der Waals surface area contributed by atoms with Gasteiger partial charge in [0.25, 0.3) is 0 Å². The van der Waals surface area contributed by atoms with Gasteiger partial charge in [-0.15, -0.1) is 0 Å². The standard InChI is InChI=1S/C14H14BrClN2S/c1-3-4-12-17-13(16)9(2)14(18-12)19-11-7-5-10(15)6-8-11/h5-8H,3-4H2,1-2H3. The lowest BCUT2D eigenvalue weighted by Crippen LogP contribution is -1.99. The summed E-state index contributed by atoms with van der Waals surface area (Å²) in [5.41, 5.74) is 0.939. The lowest BCUT2D eigenvalue weighted by atomic mass is 10.3. The van der Waals surface area contributed by atoms with Crippen molar-refractivity contribution in [2.24, 2.45) is 0 Å².